The van der Waals surface area contributed by atoms with Gasteiger partial charge in [-0.1, -0.05) is 17.7 Å². The van der Waals surface area contributed by atoms with E-state index in [-0.39, 0.29) is 11.8 Å². The average molecular weight is 351 g/mol. The van der Waals surface area contributed by atoms with Gasteiger partial charge in [0.05, 0.1) is 0 Å². The molecule has 0 aromatic heterocycles. The number of rotatable bonds is 1. The number of nitrogens with one attached hydrogen (secondary N) is 1. The molecule has 0 aliphatic carbocycles. The van der Waals surface area contributed by atoms with Gasteiger partial charge in [-0.25, -0.2) is 0 Å². The highest BCUT2D eigenvalue weighted by Gasteiger charge is 2.57. The van der Waals surface area contributed by atoms with Crippen LogP contribution in [0.2, 0.25) is 5.02 Å². The number of amides is 2. The van der Waals surface area contributed by atoms with Crippen LogP contribution in [-0.4, -0.2) is 42.4 Å². The summed E-state index contributed by atoms with van der Waals surface area (Å²) in [7, 11) is 0. The third kappa shape index (κ3) is 2.41. The molecule has 3 aliphatic rings. The van der Waals surface area contributed by atoms with Crippen LogP contribution in [0.5, 0.6) is 0 Å². The van der Waals surface area contributed by atoms with Crippen LogP contribution in [0.15, 0.2) is 18.2 Å². The fourth-order valence-corrected chi connectivity index (χ4v) is 4.00. The minimum absolute atomic E-state index is 0.180. The summed E-state index contributed by atoms with van der Waals surface area (Å²) in [6.45, 7) is 4.09. The van der Waals surface area contributed by atoms with Crippen molar-refractivity contribution in [2.75, 3.05) is 11.4 Å². The molecular weight excluding hydrogens is 332 g/mol. The quantitative estimate of drug-likeness (QED) is 0.836. The fraction of sp³-hybridized carbons (Fsp3) is 0.529. The Morgan fingerprint density at radius 3 is 2.96 bits per heavy atom. The van der Waals surface area contributed by atoms with E-state index in [1.807, 2.05) is 18.2 Å². The first kappa shape index (κ1) is 15.9. The van der Waals surface area contributed by atoms with E-state index in [0.29, 0.717) is 11.6 Å². The number of fused-ring (bicyclic) bond motifs is 2. The molecule has 1 aromatic rings. The van der Waals surface area contributed by atoms with Crippen LogP contribution in [0, 0.1) is 0 Å². The minimum atomic E-state index is -0.866. The Labute approximate surface area is 145 Å². The van der Waals surface area contributed by atoms with Crippen molar-refractivity contribution in [3.8, 4) is 0 Å². The summed E-state index contributed by atoms with van der Waals surface area (Å²) in [5, 5.41) is 3.39. The van der Waals surface area contributed by atoms with E-state index >= 15 is 0 Å². The maximum atomic E-state index is 13.1. The second-order valence-electron chi connectivity index (χ2n) is 6.84. The largest absolute Gasteiger partial charge is 0.341 e. The molecule has 3 atom stereocenters. The van der Waals surface area contributed by atoms with E-state index in [4.69, 9.17) is 21.1 Å². The highest BCUT2D eigenvalue weighted by Crippen LogP contribution is 2.37. The van der Waals surface area contributed by atoms with Crippen LogP contribution < -0.4 is 10.2 Å². The standard InChI is InChI=1S/C17H19ClN2O4/c1-17(2)23-13-12(19-15(21)14(13)24-17)16(22)20-8-4-5-9-10(18)6-3-7-11(9)20/h3,6-7,12-14H,4-5,8H2,1-2H3,(H,19,21)/t12-,13-,14-/m0/s1. The van der Waals surface area contributed by atoms with Crippen LogP contribution >= 0.6 is 11.6 Å². The minimum Gasteiger partial charge on any atom is -0.341 e. The number of carbonyl (C=O) groups is 2. The molecule has 2 saturated heterocycles. The molecule has 2 amide bonds. The highest BCUT2D eigenvalue weighted by molar-refractivity contribution is 6.32. The lowest BCUT2D eigenvalue weighted by molar-refractivity contribution is -0.164. The molecule has 4 rings (SSSR count). The molecule has 0 spiro atoms. The van der Waals surface area contributed by atoms with E-state index < -0.39 is 24.0 Å². The van der Waals surface area contributed by atoms with Crippen LogP contribution in [0.3, 0.4) is 0 Å². The normalized spacial score (nSPS) is 30.7. The second-order valence-corrected chi connectivity index (χ2v) is 7.25. The third-order valence-corrected chi connectivity index (χ3v) is 5.09. The van der Waals surface area contributed by atoms with Gasteiger partial charge in [-0.05, 0) is 44.4 Å². The SMILES string of the molecule is CC1(C)O[C@H]2[C@@H](C(=O)N3CCCc4c(Cl)cccc43)NC(=O)[C@H]2O1. The van der Waals surface area contributed by atoms with Gasteiger partial charge in [0.2, 0.25) is 0 Å². The molecule has 3 aliphatic heterocycles. The molecular formula is C17H19ClN2O4. The first-order valence-electron chi connectivity index (χ1n) is 8.12. The van der Waals surface area contributed by atoms with Gasteiger partial charge in [0.1, 0.15) is 12.1 Å². The number of anilines is 1. The van der Waals surface area contributed by atoms with Crippen molar-refractivity contribution in [3.63, 3.8) is 0 Å². The Bertz CT molecular complexity index is 721. The molecule has 7 heteroatoms. The Morgan fingerprint density at radius 1 is 1.38 bits per heavy atom. The Hall–Kier alpha value is -1.63. The highest BCUT2D eigenvalue weighted by atomic mass is 35.5. The van der Waals surface area contributed by atoms with Crippen LogP contribution in [0.4, 0.5) is 5.69 Å². The maximum Gasteiger partial charge on any atom is 0.252 e. The summed E-state index contributed by atoms with van der Waals surface area (Å²) in [5.74, 6) is -1.35. The van der Waals surface area contributed by atoms with Gasteiger partial charge in [0, 0.05) is 17.3 Å². The molecule has 2 fully saturated rings. The van der Waals surface area contributed by atoms with Gasteiger partial charge in [-0.15, -0.1) is 0 Å². The van der Waals surface area contributed by atoms with Gasteiger partial charge in [0.15, 0.2) is 11.9 Å². The van der Waals surface area contributed by atoms with Crippen LogP contribution in [0.1, 0.15) is 25.8 Å². The van der Waals surface area contributed by atoms with Gasteiger partial charge in [-0.2, -0.15) is 0 Å². The average Bonchev–Trinajstić information content (AvgIpc) is 3.01. The molecule has 0 saturated carbocycles. The van der Waals surface area contributed by atoms with Crippen molar-refractivity contribution in [1.29, 1.82) is 0 Å². The molecule has 0 radical (unpaired) electrons. The summed E-state index contributed by atoms with van der Waals surface area (Å²) in [4.78, 5) is 26.9. The van der Waals surface area contributed by atoms with Gasteiger partial charge < -0.3 is 19.7 Å². The molecule has 0 bridgehead atoms. The van der Waals surface area contributed by atoms with Crippen molar-refractivity contribution < 1.29 is 19.1 Å². The smallest absolute Gasteiger partial charge is 0.252 e. The molecule has 128 valence electrons. The van der Waals surface area contributed by atoms with E-state index in [0.717, 1.165) is 24.1 Å². The van der Waals surface area contributed by atoms with E-state index in [1.165, 1.54) is 0 Å². The number of hydrogen-bond donors (Lipinski definition) is 1. The second kappa shape index (κ2) is 5.44. The number of benzene rings is 1. The number of ether oxygens (including phenoxy) is 2. The van der Waals surface area contributed by atoms with Crippen LogP contribution in [0.25, 0.3) is 0 Å². The van der Waals surface area contributed by atoms with Crippen molar-refractivity contribution in [3.05, 3.63) is 28.8 Å². The zero-order valence-corrected chi connectivity index (χ0v) is 14.3. The van der Waals surface area contributed by atoms with Gasteiger partial charge in [0.25, 0.3) is 11.8 Å². The van der Waals surface area contributed by atoms with Crippen molar-refractivity contribution >= 4 is 29.1 Å². The first-order chi connectivity index (χ1) is 11.4. The number of halogens is 1. The van der Waals surface area contributed by atoms with Crippen LogP contribution in [-0.2, 0) is 25.5 Å². The summed E-state index contributed by atoms with van der Waals surface area (Å²) in [5.41, 5.74) is 1.79. The molecule has 1 N–H and O–H groups in total. The zero-order valence-electron chi connectivity index (χ0n) is 13.5. The Balaban J connectivity index is 1.64. The summed E-state index contributed by atoms with van der Waals surface area (Å²) >= 11 is 6.27. The van der Waals surface area contributed by atoms with E-state index in [2.05, 4.69) is 5.32 Å². The predicted octanol–water partition coefficient (Wildman–Crippen LogP) is 1.64. The van der Waals surface area contributed by atoms with Crippen molar-refractivity contribution in [1.82, 2.24) is 5.32 Å². The monoisotopic (exact) mass is 350 g/mol. The number of nitrogens with zero attached hydrogens (tertiary/aromatic N) is 1. The van der Waals surface area contributed by atoms with Crippen molar-refractivity contribution in [2.45, 2.75) is 50.7 Å². The van der Waals surface area contributed by atoms with Gasteiger partial charge >= 0.3 is 0 Å². The topological polar surface area (TPSA) is 67.9 Å². The molecule has 0 unspecified atom stereocenters. The summed E-state index contributed by atoms with van der Waals surface area (Å²) < 4.78 is 11.4. The lowest BCUT2D eigenvalue weighted by Crippen LogP contribution is -2.51. The summed E-state index contributed by atoms with van der Waals surface area (Å²) in [6.07, 6.45) is 0.330. The van der Waals surface area contributed by atoms with Crippen molar-refractivity contribution in [2.24, 2.45) is 0 Å². The molecule has 1 aromatic carbocycles. The number of hydrogen-bond acceptors (Lipinski definition) is 4. The lowest BCUT2D eigenvalue weighted by atomic mass is 10.00. The molecule has 3 heterocycles. The predicted molar refractivity (Wildman–Crippen MR) is 87.9 cm³/mol. The summed E-state index contributed by atoms with van der Waals surface area (Å²) in [6, 6.07) is 4.82. The Morgan fingerprint density at radius 2 is 2.17 bits per heavy atom. The Kier molecular flexibility index (Phi) is 3.60. The maximum absolute atomic E-state index is 13.1. The number of carbonyl (C=O) groups excluding carboxylic acids is 2. The van der Waals surface area contributed by atoms with E-state index in [1.54, 1.807) is 18.7 Å². The molecule has 24 heavy (non-hydrogen) atoms. The first-order valence-corrected chi connectivity index (χ1v) is 8.50. The molecule has 6 nitrogen and oxygen atoms in total. The van der Waals surface area contributed by atoms with Gasteiger partial charge in [-0.3, -0.25) is 9.59 Å². The fourth-order valence-electron chi connectivity index (χ4n) is 3.73. The zero-order chi connectivity index (χ0) is 17.1. The van der Waals surface area contributed by atoms with E-state index in [9.17, 15) is 9.59 Å². The third-order valence-electron chi connectivity index (χ3n) is 4.74. The lowest BCUT2D eigenvalue weighted by Gasteiger charge is -2.33.